The molecule has 1 aliphatic heterocycles. The third-order valence-electron chi connectivity index (χ3n) is 3.95. The average molecular weight is 399 g/mol. The number of aliphatic hydroxyl groups is 1. The largest absolute Gasteiger partial charge is 0.480 e. The molecule has 2 amide bonds. The van der Waals surface area contributed by atoms with Crippen molar-refractivity contribution in [2.24, 2.45) is 0 Å². The van der Waals surface area contributed by atoms with Gasteiger partial charge in [-0.05, 0) is 17.7 Å². The lowest BCUT2D eigenvalue weighted by Crippen LogP contribution is -2.51. The highest BCUT2D eigenvalue weighted by atomic mass is 79.9. The highest BCUT2D eigenvalue weighted by Crippen LogP contribution is 2.19. The van der Waals surface area contributed by atoms with Gasteiger partial charge < -0.3 is 20.4 Å². The van der Waals surface area contributed by atoms with Crippen molar-refractivity contribution in [1.82, 2.24) is 10.2 Å². The number of benzene rings is 1. The van der Waals surface area contributed by atoms with Crippen molar-refractivity contribution >= 4 is 33.7 Å². The van der Waals surface area contributed by atoms with Gasteiger partial charge in [-0.1, -0.05) is 28.1 Å². The van der Waals surface area contributed by atoms with Gasteiger partial charge in [-0.15, -0.1) is 0 Å². The monoisotopic (exact) mass is 398 g/mol. The van der Waals surface area contributed by atoms with Crippen molar-refractivity contribution in [3.8, 4) is 0 Å². The maximum Gasteiger partial charge on any atom is 0.326 e. The first kappa shape index (κ1) is 18.4. The molecule has 0 aliphatic carbocycles. The minimum absolute atomic E-state index is 0.0812. The first-order chi connectivity index (χ1) is 11.3. The van der Waals surface area contributed by atoms with E-state index < -0.39 is 30.1 Å². The number of amides is 2. The summed E-state index contributed by atoms with van der Waals surface area (Å²) in [4.78, 5) is 36.7. The summed E-state index contributed by atoms with van der Waals surface area (Å²) in [7, 11) is 0. The molecule has 2 rings (SSSR count). The molecule has 7 nitrogen and oxygen atoms in total. The Morgan fingerprint density at radius 1 is 1.33 bits per heavy atom. The first-order valence-electron chi connectivity index (χ1n) is 7.51. The van der Waals surface area contributed by atoms with Gasteiger partial charge in [0.1, 0.15) is 12.1 Å². The van der Waals surface area contributed by atoms with Gasteiger partial charge in [0.15, 0.2) is 0 Å². The molecule has 3 N–H and O–H groups in total. The van der Waals surface area contributed by atoms with Crippen molar-refractivity contribution in [2.75, 3.05) is 6.54 Å². The molecule has 0 unspecified atom stereocenters. The molecule has 1 aromatic rings. The van der Waals surface area contributed by atoms with Crippen molar-refractivity contribution in [2.45, 2.75) is 38.0 Å². The van der Waals surface area contributed by atoms with E-state index in [9.17, 15) is 24.6 Å². The summed E-state index contributed by atoms with van der Waals surface area (Å²) in [5.41, 5.74) is 0.765. The molecule has 3 atom stereocenters. The number of rotatable bonds is 5. The molecule has 1 heterocycles. The van der Waals surface area contributed by atoms with Crippen LogP contribution in [0.25, 0.3) is 0 Å². The maximum atomic E-state index is 12.4. The van der Waals surface area contributed by atoms with Crippen LogP contribution in [0.3, 0.4) is 0 Å². The molecule has 1 fully saturated rings. The van der Waals surface area contributed by atoms with Crippen LogP contribution in [0, 0.1) is 0 Å². The fourth-order valence-corrected chi connectivity index (χ4v) is 3.00. The molecule has 1 saturated heterocycles. The summed E-state index contributed by atoms with van der Waals surface area (Å²) in [5, 5.41) is 21.5. The van der Waals surface area contributed by atoms with E-state index in [1.807, 2.05) is 0 Å². The average Bonchev–Trinajstić information content (AvgIpc) is 2.91. The number of hydrogen-bond donors (Lipinski definition) is 3. The number of nitrogens with one attached hydrogen (secondary N) is 1. The second-order valence-electron chi connectivity index (χ2n) is 5.81. The Balaban J connectivity index is 2.06. The van der Waals surface area contributed by atoms with Gasteiger partial charge in [-0.2, -0.15) is 0 Å². The number of aliphatic carboxylic acids is 1. The number of likely N-dealkylation sites (tertiary alicyclic amines) is 1. The Kier molecular flexibility index (Phi) is 5.95. The number of hydrogen-bond acceptors (Lipinski definition) is 4. The van der Waals surface area contributed by atoms with Crippen LogP contribution in [0.15, 0.2) is 28.7 Å². The second-order valence-corrected chi connectivity index (χ2v) is 6.72. The third kappa shape index (κ3) is 4.55. The van der Waals surface area contributed by atoms with Crippen molar-refractivity contribution in [3.05, 3.63) is 34.3 Å². The van der Waals surface area contributed by atoms with Crippen molar-refractivity contribution in [3.63, 3.8) is 0 Å². The minimum Gasteiger partial charge on any atom is -0.480 e. The lowest BCUT2D eigenvalue weighted by molar-refractivity contribution is -0.143. The molecular formula is C16H19BrN2O5. The third-order valence-corrected chi connectivity index (χ3v) is 4.48. The Morgan fingerprint density at radius 3 is 2.50 bits per heavy atom. The fraction of sp³-hybridized carbons (Fsp3) is 0.438. The van der Waals surface area contributed by atoms with E-state index in [0.29, 0.717) is 0 Å². The van der Waals surface area contributed by atoms with Crippen LogP contribution in [-0.2, 0) is 20.8 Å². The normalized spacial score (nSPS) is 21.4. The number of halogens is 1. The standard InChI is InChI=1S/C16H19BrN2O5/c1-9(20)19-8-12(21)7-14(19)15(22)18-13(16(23)24)6-10-2-4-11(17)5-3-10/h2-5,12-14,21H,6-8H2,1H3,(H,18,22)(H,23,24)/t12-,13+,14+/m1/s1. The van der Waals surface area contributed by atoms with Gasteiger partial charge in [-0.25, -0.2) is 4.79 Å². The highest BCUT2D eigenvalue weighted by molar-refractivity contribution is 9.10. The van der Waals surface area contributed by atoms with Crippen LogP contribution in [0.5, 0.6) is 0 Å². The first-order valence-corrected chi connectivity index (χ1v) is 8.30. The predicted octanol–water partition coefficient (Wildman–Crippen LogP) is 0.543. The molecular weight excluding hydrogens is 380 g/mol. The zero-order valence-electron chi connectivity index (χ0n) is 13.1. The molecule has 0 aromatic heterocycles. The molecule has 130 valence electrons. The second kappa shape index (κ2) is 7.76. The van der Waals surface area contributed by atoms with Gasteiger partial charge in [0.25, 0.3) is 0 Å². The van der Waals surface area contributed by atoms with Crippen LogP contribution >= 0.6 is 15.9 Å². The van der Waals surface area contributed by atoms with E-state index in [1.54, 1.807) is 24.3 Å². The van der Waals surface area contributed by atoms with Crippen molar-refractivity contribution < 1.29 is 24.6 Å². The fourth-order valence-electron chi connectivity index (χ4n) is 2.73. The number of aliphatic hydroxyl groups excluding tert-OH is 1. The number of nitrogens with zero attached hydrogens (tertiary/aromatic N) is 1. The summed E-state index contributed by atoms with van der Waals surface area (Å²) in [5.74, 6) is -2.04. The summed E-state index contributed by atoms with van der Waals surface area (Å²) in [6, 6.07) is 5.18. The van der Waals surface area contributed by atoms with Crippen LogP contribution in [-0.4, -0.2) is 57.6 Å². The molecule has 8 heteroatoms. The SMILES string of the molecule is CC(=O)N1C[C@H](O)C[C@H]1C(=O)N[C@@H](Cc1ccc(Br)cc1)C(=O)O. The predicted molar refractivity (Wildman–Crippen MR) is 89.2 cm³/mol. The van der Waals surface area contributed by atoms with Gasteiger partial charge in [0.2, 0.25) is 11.8 Å². The number of carbonyl (C=O) groups excluding carboxylic acids is 2. The summed E-state index contributed by atoms with van der Waals surface area (Å²) in [6.07, 6.45) is -0.542. The smallest absolute Gasteiger partial charge is 0.326 e. The molecule has 1 aromatic carbocycles. The molecule has 0 spiro atoms. The van der Waals surface area contributed by atoms with Crippen molar-refractivity contribution in [1.29, 1.82) is 0 Å². The number of β-amino-alcohol motifs (C(OH)–C–C–N with tert-alkyl or cyclic N) is 1. The van der Waals surface area contributed by atoms with Gasteiger partial charge in [0.05, 0.1) is 6.10 Å². The number of carbonyl (C=O) groups is 3. The molecule has 1 aliphatic rings. The maximum absolute atomic E-state index is 12.4. The topological polar surface area (TPSA) is 107 Å². The van der Waals surface area contributed by atoms with Crippen LogP contribution in [0.1, 0.15) is 18.9 Å². The lowest BCUT2D eigenvalue weighted by Gasteiger charge is -2.24. The van der Waals surface area contributed by atoms with E-state index in [2.05, 4.69) is 21.2 Å². The van der Waals surface area contributed by atoms with Crippen LogP contribution in [0.2, 0.25) is 0 Å². The quantitative estimate of drug-likeness (QED) is 0.670. The van der Waals surface area contributed by atoms with Crippen LogP contribution in [0.4, 0.5) is 0 Å². The van der Waals surface area contributed by atoms with E-state index in [1.165, 1.54) is 11.8 Å². The Morgan fingerprint density at radius 2 is 1.96 bits per heavy atom. The zero-order valence-corrected chi connectivity index (χ0v) is 14.7. The van der Waals surface area contributed by atoms with E-state index in [0.717, 1.165) is 10.0 Å². The summed E-state index contributed by atoms with van der Waals surface area (Å²) in [6.45, 7) is 1.40. The molecule has 0 saturated carbocycles. The van der Waals surface area contributed by atoms with Crippen LogP contribution < -0.4 is 5.32 Å². The summed E-state index contributed by atoms with van der Waals surface area (Å²) < 4.78 is 0.874. The summed E-state index contributed by atoms with van der Waals surface area (Å²) >= 11 is 3.30. The molecule has 0 bridgehead atoms. The van der Waals surface area contributed by atoms with Gasteiger partial charge >= 0.3 is 5.97 Å². The lowest BCUT2D eigenvalue weighted by atomic mass is 10.1. The Hall–Kier alpha value is -1.93. The highest BCUT2D eigenvalue weighted by Gasteiger charge is 2.38. The minimum atomic E-state index is -1.15. The van der Waals surface area contributed by atoms with Gasteiger partial charge in [-0.3, -0.25) is 9.59 Å². The van der Waals surface area contributed by atoms with E-state index >= 15 is 0 Å². The Bertz CT molecular complexity index is 634. The zero-order chi connectivity index (χ0) is 17.9. The van der Waals surface area contributed by atoms with Gasteiger partial charge in [0, 0.05) is 30.8 Å². The molecule has 0 radical (unpaired) electrons. The van der Waals surface area contributed by atoms with E-state index in [4.69, 9.17) is 0 Å². The number of carboxylic acids is 1. The Labute approximate surface area is 147 Å². The number of carboxylic acid groups (broad SMARTS) is 1. The van der Waals surface area contributed by atoms with E-state index in [-0.39, 0.29) is 25.3 Å². The molecule has 24 heavy (non-hydrogen) atoms.